The maximum absolute atomic E-state index is 11.9. The first-order valence-corrected chi connectivity index (χ1v) is 5.95. The van der Waals surface area contributed by atoms with Gasteiger partial charge in [0.15, 0.2) is 0 Å². The zero-order valence-corrected chi connectivity index (χ0v) is 10.8. The number of amides is 2. The Morgan fingerprint density at radius 1 is 1.26 bits per heavy atom. The molecule has 1 aromatic carbocycles. The second kappa shape index (κ2) is 5.06. The van der Waals surface area contributed by atoms with Gasteiger partial charge in [-0.3, -0.25) is 14.6 Å². The number of benzene rings is 1. The van der Waals surface area contributed by atoms with E-state index in [1.54, 1.807) is 25.1 Å². The van der Waals surface area contributed by atoms with Crippen LogP contribution in [0.5, 0.6) is 0 Å². The van der Waals surface area contributed by atoms with Gasteiger partial charge >= 0.3 is 0 Å². The molecule has 19 heavy (non-hydrogen) atoms. The van der Waals surface area contributed by atoms with Gasteiger partial charge < -0.3 is 11.1 Å². The first-order chi connectivity index (χ1) is 8.97. The summed E-state index contributed by atoms with van der Waals surface area (Å²) in [6.45, 7) is 3.46. The van der Waals surface area contributed by atoms with E-state index in [1.807, 2.05) is 19.1 Å². The molecule has 0 bridgehead atoms. The van der Waals surface area contributed by atoms with Gasteiger partial charge in [0, 0.05) is 16.6 Å². The second-order valence-electron chi connectivity index (χ2n) is 4.46. The Morgan fingerprint density at radius 2 is 2.00 bits per heavy atom. The van der Waals surface area contributed by atoms with Crippen molar-refractivity contribution < 1.29 is 9.59 Å². The highest BCUT2D eigenvalue weighted by atomic mass is 16.2. The highest BCUT2D eigenvalue weighted by Crippen LogP contribution is 2.14. The molecule has 5 nitrogen and oxygen atoms in total. The van der Waals surface area contributed by atoms with E-state index in [0.717, 1.165) is 16.6 Å². The number of primary amides is 1. The summed E-state index contributed by atoms with van der Waals surface area (Å²) in [5.41, 5.74) is 7.34. The molecule has 98 valence electrons. The maximum atomic E-state index is 11.9. The summed E-state index contributed by atoms with van der Waals surface area (Å²) < 4.78 is 0. The van der Waals surface area contributed by atoms with Crippen LogP contribution in [0.15, 0.2) is 30.3 Å². The molecule has 0 fully saturated rings. The van der Waals surface area contributed by atoms with Gasteiger partial charge in [0.25, 0.3) is 5.91 Å². The van der Waals surface area contributed by atoms with E-state index in [-0.39, 0.29) is 5.91 Å². The quantitative estimate of drug-likeness (QED) is 0.864. The third kappa shape index (κ3) is 2.88. The highest BCUT2D eigenvalue weighted by molar-refractivity contribution is 5.99. The zero-order chi connectivity index (χ0) is 14.0. The fraction of sp³-hybridized carbons (Fsp3) is 0.214. The lowest BCUT2D eigenvalue weighted by atomic mass is 10.1. The summed E-state index contributed by atoms with van der Waals surface area (Å²) in [6.07, 6.45) is 0. The van der Waals surface area contributed by atoms with Crippen molar-refractivity contribution in [1.82, 2.24) is 10.3 Å². The molecule has 0 aliphatic carbocycles. The van der Waals surface area contributed by atoms with Crippen molar-refractivity contribution in [1.29, 1.82) is 0 Å². The van der Waals surface area contributed by atoms with E-state index in [4.69, 9.17) is 5.73 Å². The van der Waals surface area contributed by atoms with E-state index >= 15 is 0 Å². The van der Waals surface area contributed by atoms with Crippen LogP contribution in [-0.2, 0) is 4.79 Å². The topological polar surface area (TPSA) is 85.1 Å². The number of hydrogen-bond acceptors (Lipinski definition) is 3. The van der Waals surface area contributed by atoms with Crippen LogP contribution in [0.4, 0.5) is 0 Å². The van der Waals surface area contributed by atoms with Crippen molar-refractivity contribution in [3.63, 3.8) is 0 Å². The lowest BCUT2D eigenvalue weighted by molar-refractivity contribution is -0.119. The number of nitrogens with zero attached hydrogens (tertiary/aromatic N) is 1. The molecule has 2 aromatic rings. The third-order valence-electron chi connectivity index (χ3n) is 2.86. The van der Waals surface area contributed by atoms with Crippen LogP contribution >= 0.6 is 0 Å². The summed E-state index contributed by atoms with van der Waals surface area (Å²) in [7, 11) is 0. The van der Waals surface area contributed by atoms with E-state index < -0.39 is 11.9 Å². The van der Waals surface area contributed by atoms with Gasteiger partial charge in [-0.2, -0.15) is 0 Å². The minimum absolute atomic E-state index is 0.325. The maximum Gasteiger partial charge on any atom is 0.251 e. The summed E-state index contributed by atoms with van der Waals surface area (Å²) in [6, 6.07) is 8.30. The number of carbonyl (C=O) groups excluding carboxylic acids is 2. The minimum atomic E-state index is -0.695. The molecule has 2 amide bonds. The average molecular weight is 257 g/mol. The lowest BCUT2D eigenvalue weighted by Gasteiger charge is -2.10. The number of nitrogens with one attached hydrogen (secondary N) is 1. The van der Waals surface area contributed by atoms with E-state index in [9.17, 15) is 9.59 Å². The number of fused-ring (bicyclic) bond motifs is 1. The number of rotatable bonds is 3. The molecular formula is C14H15N3O2. The molecule has 1 aromatic heterocycles. The lowest BCUT2D eigenvalue weighted by Crippen LogP contribution is -2.42. The predicted octanol–water partition coefficient (Wildman–Crippen LogP) is 1.15. The molecule has 0 saturated heterocycles. The van der Waals surface area contributed by atoms with Crippen molar-refractivity contribution in [2.75, 3.05) is 0 Å². The van der Waals surface area contributed by atoms with E-state index in [0.29, 0.717) is 5.56 Å². The van der Waals surface area contributed by atoms with Crippen LogP contribution in [0.2, 0.25) is 0 Å². The summed E-state index contributed by atoms with van der Waals surface area (Å²) in [5, 5.41) is 3.42. The van der Waals surface area contributed by atoms with Crippen molar-refractivity contribution in [2.45, 2.75) is 19.9 Å². The van der Waals surface area contributed by atoms with Crippen LogP contribution in [0.25, 0.3) is 10.9 Å². The molecule has 0 aliphatic rings. The first kappa shape index (κ1) is 13.0. The summed E-state index contributed by atoms with van der Waals surface area (Å²) in [5.74, 6) is -0.889. The van der Waals surface area contributed by atoms with Crippen LogP contribution in [0.3, 0.4) is 0 Å². The number of aryl methyl sites for hydroxylation is 1. The van der Waals surface area contributed by atoms with Gasteiger partial charge in [-0.1, -0.05) is 6.07 Å². The zero-order valence-electron chi connectivity index (χ0n) is 10.8. The Bertz CT molecular complexity index is 652. The predicted molar refractivity (Wildman–Crippen MR) is 72.6 cm³/mol. The number of pyridine rings is 1. The van der Waals surface area contributed by atoms with Crippen LogP contribution in [-0.4, -0.2) is 22.8 Å². The molecule has 0 spiro atoms. The van der Waals surface area contributed by atoms with Crippen LogP contribution in [0.1, 0.15) is 23.0 Å². The Labute approximate surface area is 110 Å². The molecule has 1 atom stereocenters. The fourth-order valence-corrected chi connectivity index (χ4v) is 1.72. The van der Waals surface area contributed by atoms with Gasteiger partial charge in [0.05, 0.1) is 5.52 Å². The summed E-state index contributed by atoms with van der Waals surface area (Å²) >= 11 is 0. The van der Waals surface area contributed by atoms with E-state index in [1.165, 1.54) is 0 Å². The van der Waals surface area contributed by atoms with Crippen LogP contribution < -0.4 is 11.1 Å². The Kier molecular flexibility index (Phi) is 3.46. The van der Waals surface area contributed by atoms with Crippen molar-refractivity contribution in [3.8, 4) is 0 Å². The van der Waals surface area contributed by atoms with Gasteiger partial charge in [0.1, 0.15) is 6.04 Å². The Balaban J connectivity index is 2.28. The number of aromatic nitrogens is 1. The molecule has 0 radical (unpaired) electrons. The molecule has 0 unspecified atom stereocenters. The molecule has 0 saturated carbocycles. The van der Waals surface area contributed by atoms with Crippen molar-refractivity contribution in [2.24, 2.45) is 5.73 Å². The molecule has 3 N–H and O–H groups in total. The second-order valence-corrected chi connectivity index (χ2v) is 4.46. The summed E-state index contributed by atoms with van der Waals surface area (Å²) in [4.78, 5) is 27.2. The van der Waals surface area contributed by atoms with Crippen molar-refractivity contribution in [3.05, 3.63) is 41.6 Å². The highest BCUT2D eigenvalue weighted by Gasteiger charge is 2.13. The van der Waals surface area contributed by atoms with Gasteiger partial charge in [-0.15, -0.1) is 0 Å². The number of carbonyl (C=O) groups is 2. The largest absolute Gasteiger partial charge is 0.368 e. The fourth-order valence-electron chi connectivity index (χ4n) is 1.72. The number of hydrogen-bond donors (Lipinski definition) is 2. The normalized spacial score (nSPS) is 12.1. The monoisotopic (exact) mass is 257 g/mol. The molecule has 1 heterocycles. The first-order valence-electron chi connectivity index (χ1n) is 5.95. The Hall–Kier alpha value is -2.43. The third-order valence-corrected chi connectivity index (χ3v) is 2.86. The standard InChI is InChI=1S/C14H15N3O2/c1-8-3-4-10-7-11(5-6-12(10)16-8)14(19)17-9(2)13(15)18/h3-7,9H,1-2H3,(H2,15,18)(H,17,19)/t9-/m0/s1. The van der Waals surface area contributed by atoms with E-state index in [2.05, 4.69) is 10.3 Å². The SMILES string of the molecule is Cc1ccc2cc(C(=O)N[C@@H](C)C(N)=O)ccc2n1. The van der Waals surface area contributed by atoms with Gasteiger partial charge in [-0.05, 0) is 38.1 Å². The molecular weight excluding hydrogens is 242 g/mol. The van der Waals surface area contributed by atoms with Crippen LogP contribution in [0, 0.1) is 6.92 Å². The smallest absolute Gasteiger partial charge is 0.251 e. The Morgan fingerprint density at radius 3 is 2.68 bits per heavy atom. The molecule has 2 rings (SSSR count). The molecule has 5 heteroatoms. The number of nitrogens with two attached hydrogens (primary N) is 1. The molecule has 0 aliphatic heterocycles. The van der Waals surface area contributed by atoms with Gasteiger partial charge in [0.2, 0.25) is 5.91 Å². The average Bonchev–Trinajstić information content (AvgIpc) is 2.37. The van der Waals surface area contributed by atoms with Crippen molar-refractivity contribution >= 4 is 22.7 Å². The minimum Gasteiger partial charge on any atom is -0.368 e. The van der Waals surface area contributed by atoms with Gasteiger partial charge in [-0.25, -0.2) is 0 Å².